The van der Waals surface area contributed by atoms with Crippen molar-refractivity contribution in [3.8, 4) is 0 Å². The summed E-state index contributed by atoms with van der Waals surface area (Å²) in [5, 5.41) is 0. The normalized spacial score (nSPS) is 11.4. The third-order valence-electron chi connectivity index (χ3n) is 3.76. The van der Waals surface area contributed by atoms with E-state index in [4.69, 9.17) is 4.74 Å². The monoisotopic (exact) mass is 307 g/mol. The molecule has 0 aromatic rings. The standard InChI is InChI=1S/C17H38NO.ClH/c1-5-7-8-9-10-11-12-13-14-15-16-18(3,4)17-19-6-2;/h5-17H2,1-4H3;1H/q+1;/p-1. The highest BCUT2D eigenvalue weighted by Crippen LogP contribution is 2.11. The van der Waals surface area contributed by atoms with Gasteiger partial charge in [-0.3, -0.25) is 0 Å². The van der Waals surface area contributed by atoms with Crippen LogP contribution in [-0.2, 0) is 4.74 Å². The van der Waals surface area contributed by atoms with E-state index in [2.05, 4.69) is 27.9 Å². The van der Waals surface area contributed by atoms with Crippen LogP contribution in [0.15, 0.2) is 0 Å². The van der Waals surface area contributed by atoms with Crippen molar-refractivity contribution in [3.05, 3.63) is 0 Å². The van der Waals surface area contributed by atoms with Gasteiger partial charge in [0.1, 0.15) is 0 Å². The highest BCUT2D eigenvalue weighted by atomic mass is 35.5. The number of quaternary nitrogens is 1. The van der Waals surface area contributed by atoms with Crippen molar-refractivity contribution in [3.63, 3.8) is 0 Å². The predicted molar refractivity (Wildman–Crippen MR) is 85.3 cm³/mol. The van der Waals surface area contributed by atoms with Gasteiger partial charge in [0.05, 0.1) is 20.6 Å². The maximum absolute atomic E-state index is 5.51. The lowest BCUT2D eigenvalue weighted by Crippen LogP contribution is -3.00. The lowest BCUT2D eigenvalue weighted by Gasteiger charge is -2.29. The number of ether oxygens (including phenoxy) is 1. The van der Waals surface area contributed by atoms with Gasteiger partial charge in [0.15, 0.2) is 6.73 Å². The van der Waals surface area contributed by atoms with Crippen LogP contribution in [0.2, 0.25) is 0 Å². The molecule has 20 heavy (non-hydrogen) atoms. The summed E-state index contributed by atoms with van der Waals surface area (Å²) in [5.74, 6) is 0. The van der Waals surface area contributed by atoms with Gasteiger partial charge in [-0.15, -0.1) is 0 Å². The Hall–Kier alpha value is 0.210. The zero-order chi connectivity index (χ0) is 14.4. The molecule has 0 radical (unpaired) electrons. The van der Waals surface area contributed by atoms with E-state index in [0.29, 0.717) is 0 Å². The van der Waals surface area contributed by atoms with Gasteiger partial charge in [-0.25, -0.2) is 0 Å². The van der Waals surface area contributed by atoms with Crippen LogP contribution in [-0.4, -0.2) is 38.5 Å². The third kappa shape index (κ3) is 16.3. The van der Waals surface area contributed by atoms with Crippen molar-refractivity contribution in [2.75, 3.05) is 34.0 Å². The second-order valence-electron chi connectivity index (χ2n) is 6.46. The smallest absolute Gasteiger partial charge is 0.182 e. The Morgan fingerprint density at radius 3 is 1.60 bits per heavy atom. The summed E-state index contributed by atoms with van der Waals surface area (Å²) < 4.78 is 6.52. The maximum Gasteiger partial charge on any atom is 0.182 e. The third-order valence-corrected chi connectivity index (χ3v) is 3.76. The topological polar surface area (TPSA) is 9.23 Å². The Morgan fingerprint density at radius 1 is 0.700 bits per heavy atom. The average molecular weight is 308 g/mol. The number of rotatable bonds is 14. The summed E-state index contributed by atoms with van der Waals surface area (Å²) in [6.07, 6.45) is 14.2. The fraction of sp³-hybridized carbons (Fsp3) is 1.00. The molecule has 0 saturated carbocycles. The van der Waals surface area contributed by atoms with E-state index in [-0.39, 0.29) is 12.4 Å². The molecule has 0 unspecified atom stereocenters. The summed E-state index contributed by atoms with van der Waals surface area (Å²) in [6.45, 7) is 7.29. The SMILES string of the molecule is CCCCCCCCCCCC[N+](C)(C)COCC.[Cl-]. The first-order chi connectivity index (χ1) is 9.12. The largest absolute Gasteiger partial charge is 1.00 e. The number of nitrogens with zero attached hydrogens (tertiary/aromatic N) is 1. The van der Waals surface area contributed by atoms with E-state index in [0.717, 1.165) is 17.8 Å². The van der Waals surface area contributed by atoms with Crippen LogP contribution in [0.5, 0.6) is 0 Å². The lowest BCUT2D eigenvalue weighted by molar-refractivity contribution is -0.909. The molecule has 0 aromatic heterocycles. The van der Waals surface area contributed by atoms with Gasteiger partial charge in [0.2, 0.25) is 0 Å². The van der Waals surface area contributed by atoms with Gasteiger partial charge in [-0.2, -0.15) is 0 Å². The molecule has 124 valence electrons. The molecule has 0 aliphatic heterocycles. The molecular formula is C17H38ClNO. The molecule has 0 atom stereocenters. The van der Waals surface area contributed by atoms with Crippen LogP contribution < -0.4 is 12.4 Å². The van der Waals surface area contributed by atoms with Crippen molar-refractivity contribution in [1.82, 2.24) is 0 Å². The predicted octanol–water partition coefficient (Wildman–Crippen LogP) is 1.98. The van der Waals surface area contributed by atoms with E-state index in [1.165, 1.54) is 70.8 Å². The molecule has 0 rings (SSSR count). The van der Waals surface area contributed by atoms with E-state index in [9.17, 15) is 0 Å². The fourth-order valence-corrected chi connectivity index (χ4v) is 2.43. The molecule has 0 bridgehead atoms. The first kappa shape index (κ1) is 22.5. The van der Waals surface area contributed by atoms with Gasteiger partial charge in [0, 0.05) is 6.61 Å². The minimum atomic E-state index is 0. The highest BCUT2D eigenvalue weighted by molar-refractivity contribution is 4.47. The number of hydrogen-bond acceptors (Lipinski definition) is 1. The lowest BCUT2D eigenvalue weighted by atomic mass is 10.1. The van der Waals surface area contributed by atoms with Gasteiger partial charge >= 0.3 is 0 Å². The molecule has 0 amide bonds. The van der Waals surface area contributed by atoms with Gasteiger partial charge in [-0.05, 0) is 19.8 Å². The number of hydrogen-bond donors (Lipinski definition) is 0. The van der Waals surface area contributed by atoms with Crippen molar-refractivity contribution in [2.24, 2.45) is 0 Å². The molecule has 0 spiro atoms. The minimum absolute atomic E-state index is 0. The Balaban J connectivity index is 0. The number of halogens is 1. The van der Waals surface area contributed by atoms with Gasteiger partial charge < -0.3 is 21.6 Å². The van der Waals surface area contributed by atoms with E-state index < -0.39 is 0 Å². The van der Waals surface area contributed by atoms with Crippen molar-refractivity contribution in [1.29, 1.82) is 0 Å². The molecule has 3 heteroatoms. The van der Waals surface area contributed by atoms with Crippen molar-refractivity contribution >= 4 is 0 Å². The van der Waals surface area contributed by atoms with Crippen molar-refractivity contribution < 1.29 is 21.6 Å². The van der Waals surface area contributed by atoms with Crippen LogP contribution in [0.4, 0.5) is 0 Å². The average Bonchev–Trinajstić information content (AvgIpc) is 2.38. The van der Waals surface area contributed by atoms with Crippen LogP contribution in [0.1, 0.15) is 78.1 Å². The molecule has 0 aliphatic rings. The molecular weight excluding hydrogens is 270 g/mol. The van der Waals surface area contributed by atoms with E-state index >= 15 is 0 Å². The molecule has 2 nitrogen and oxygen atoms in total. The molecule has 0 N–H and O–H groups in total. The Labute approximate surface area is 134 Å². The van der Waals surface area contributed by atoms with E-state index in [1.54, 1.807) is 0 Å². The summed E-state index contributed by atoms with van der Waals surface area (Å²) in [4.78, 5) is 0. The molecule has 0 fully saturated rings. The van der Waals surface area contributed by atoms with Gasteiger partial charge in [0.25, 0.3) is 0 Å². The molecule has 0 saturated heterocycles. The zero-order valence-electron chi connectivity index (χ0n) is 14.4. The first-order valence-electron chi connectivity index (χ1n) is 8.52. The Kier molecular flexibility index (Phi) is 17.5. The second-order valence-corrected chi connectivity index (χ2v) is 6.46. The fourth-order valence-electron chi connectivity index (χ4n) is 2.43. The summed E-state index contributed by atoms with van der Waals surface area (Å²) >= 11 is 0. The summed E-state index contributed by atoms with van der Waals surface area (Å²) in [7, 11) is 4.53. The van der Waals surface area contributed by atoms with Crippen LogP contribution in [0.25, 0.3) is 0 Å². The highest BCUT2D eigenvalue weighted by Gasteiger charge is 2.13. The van der Waals surface area contributed by atoms with Crippen molar-refractivity contribution in [2.45, 2.75) is 78.1 Å². The molecule has 0 aliphatic carbocycles. The summed E-state index contributed by atoms with van der Waals surface area (Å²) in [6, 6.07) is 0. The minimum Gasteiger partial charge on any atom is -1.00 e. The number of unbranched alkanes of at least 4 members (excludes halogenated alkanes) is 9. The second kappa shape index (κ2) is 15.6. The van der Waals surface area contributed by atoms with Crippen LogP contribution >= 0.6 is 0 Å². The van der Waals surface area contributed by atoms with Gasteiger partial charge in [-0.1, -0.05) is 58.3 Å². The first-order valence-corrected chi connectivity index (χ1v) is 8.52. The quantitative estimate of drug-likeness (QED) is 0.271. The zero-order valence-corrected chi connectivity index (χ0v) is 15.2. The maximum atomic E-state index is 5.51. The van der Waals surface area contributed by atoms with Crippen LogP contribution in [0.3, 0.4) is 0 Å². The van der Waals surface area contributed by atoms with Crippen LogP contribution in [0, 0.1) is 0 Å². The Morgan fingerprint density at radius 2 is 1.15 bits per heavy atom. The Bertz CT molecular complexity index is 186. The molecule has 0 aromatic carbocycles. The summed E-state index contributed by atoms with van der Waals surface area (Å²) in [5.41, 5.74) is 0. The van der Waals surface area contributed by atoms with E-state index in [1.807, 2.05) is 0 Å². The molecule has 0 heterocycles.